The summed E-state index contributed by atoms with van der Waals surface area (Å²) in [6, 6.07) is 24.1. The van der Waals surface area contributed by atoms with E-state index in [1.807, 2.05) is 34.7 Å². The summed E-state index contributed by atoms with van der Waals surface area (Å²) in [6.45, 7) is 3.25. The lowest BCUT2D eigenvalue weighted by molar-refractivity contribution is -0.180. The number of nitrogens with zero attached hydrogens (tertiary/aromatic N) is 2. The molecule has 1 saturated heterocycles. The number of imidazole rings is 1. The average molecular weight is 503 g/mol. The molecule has 1 aromatic heterocycles. The van der Waals surface area contributed by atoms with E-state index in [0.29, 0.717) is 19.6 Å². The Labute approximate surface area is 216 Å². The number of thioether (sulfide) groups is 1. The van der Waals surface area contributed by atoms with Crippen LogP contribution in [0.15, 0.2) is 91.5 Å². The van der Waals surface area contributed by atoms with Gasteiger partial charge in [-0.15, -0.1) is 0 Å². The van der Waals surface area contributed by atoms with Gasteiger partial charge in [0, 0.05) is 30.3 Å². The van der Waals surface area contributed by atoms with Crippen LogP contribution in [-0.4, -0.2) is 33.8 Å². The standard InChI is InChI=1S/C30H31FN2O2S/c1-23-2-8-26(9-3-23)27-10-4-25(5-11-27)19-36-20-29-18-34-30(35-29,21-33-17-16-32-22-33)15-14-24-6-12-28(31)13-7-24/h2-13,16-17,22,29H,14-15,18-21H2,1H3. The highest BCUT2D eigenvalue weighted by atomic mass is 32.2. The van der Waals surface area contributed by atoms with E-state index in [2.05, 4.69) is 60.4 Å². The van der Waals surface area contributed by atoms with Gasteiger partial charge in [0.05, 0.1) is 25.6 Å². The molecule has 186 valence electrons. The predicted octanol–water partition coefficient (Wildman–Crippen LogP) is 6.68. The fraction of sp³-hybridized carbons (Fsp3) is 0.300. The summed E-state index contributed by atoms with van der Waals surface area (Å²) in [5.41, 5.74) is 6.12. The topological polar surface area (TPSA) is 36.3 Å². The number of benzene rings is 3. The van der Waals surface area contributed by atoms with E-state index in [9.17, 15) is 4.39 Å². The van der Waals surface area contributed by atoms with E-state index in [0.717, 1.165) is 23.5 Å². The number of hydrogen-bond acceptors (Lipinski definition) is 4. The minimum Gasteiger partial charge on any atom is -0.345 e. The lowest BCUT2D eigenvalue weighted by Gasteiger charge is -2.28. The number of rotatable bonds is 10. The highest BCUT2D eigenvalue weighted by molar-refractivity contribution is 7.98. The second kappa shape index (κ2) is 11.4. The van der Waals surface area contributed by atoms with E-state index in [4.69, 9.17) is 9.47 Å². The first-order valence-corrected chi connectivity index (χ1v) is 13.5. The van der Waals surface area contributed by atoms with Gasteiger partial charge in [-0.3, -0.25) is 0 Å². The lowest BCUT2D eigenvalue weighted by atomic mass is 10.0. The van der Waals surface area contributed by atoms with Gasteiger partial charge >= 0.3 is 0 Å². The normalized spacial score (nSPS) is 19.6. The molecule has 1 fully saturated rings. The Morgan fingerprint density at radius 2 is 1.67 bits per heavy atom. The van der Waals surface area contributed by atoms with Crippen LogP contribution in [0, 0.1) is 12.7 Å². The molecular weight excluding hydrogens is 471 g/mol. The van der Waals surface area contributed by atoms with Crippen molar-refractivity contribution >= 4 is 11.8 Å². The highest BCUT2D eigenvalue weighted by Gasteiger charge is 2.41. The maximum Gasteiger partial charge on any atom is 0.187 e. The number of halogens is 1. The zero-order chi connectivity index (χ0) is 24.8. The third-order valence-corrected chi connectivity index (χ3v) is 7.66. The van der Waals surface area contributed by atoms with Gasteiger partial charge in [0.2, 0.25) is 0 Å². The van der Waals surface area contributed by atoms with Gasteiger partial charge in [0.25, 0.3) is 0 Å². The molecule has 1 aliphatic rings. The molecule has 2 heterocycles. The van der Waals surface area contributed by atoms with Crippen molar-refractivity contribution in [1.82, 2.24) is 9.55 Å². The minimum atomic E-state index is -0.712. The molecule has 0 spiro atoms. The van der Waals surface area contributed by atoms with Crippen LogP contribution in [0.5, 0.6) is 0 Å². The number of ether oxygens (including phenoxy) is 2. The van der Waals surface area contributed by atoms with Crippen LogP contribution in [-0.2, 0) is 28.2 Å². The third-order valence-electron chi connectivity index (χ3n) is 6.52. The largest absolute Gasteiger partial charge is 0.345 e. The highest BCUT2D eigenvalue weighted by Crippen LogP contribution is 2.33. The van der Waals surface area contributed by atoms with Crippen molar-refractivity contribution in [2.45, 2.75) is 44.0 Å². The molecule has 0 N–H and O–H groups in total. The van der Waals surface area contributed by atoms with Crippen molar-refractivity contribution in [2.75, 3.05) is 12.4 Å². The third kappa shape index (κ3) is 6.44. The Morgan fingerprint density at radius 3 is 2.36 bits per heavy atom. The monoisotopic (exact) mass is 502 g/mol. The molecule has 2 unspecified atom stereocenters. The molecule has 5 rings (SSSR count). The molecular formula is C30H31FN2O2S. The van der Waals surface area contributed by atoms with Crippen molar-refractivity contribution in [3.63, 3.8) is 0 Å². The average Bonchev–Trinajstić information content (AvgIpc) is 3.55. The summed E-state index contributed by atoms with van der Waals surface area (Å²) in [4.78, 5) is 4.16. The van der Waals surface area contributed by atoms with Gasteiger partial charge in [-0.1, -0.05) is 66.2 Å². The Kier molecular flexibility index (Phi) is 7.85. The van der Waals surface area contributed by atoms with Gasteiger partial charge < -0.3 is 14.0 Å². The van der Waals surface area contributed by atoms with E-state index < -0.39 is 5.79 Å². The SMILES string of the molecule is Cc1ccc(-c2ccc(CSCC3COC(CCc4ccc(F)cc4)(Cn4ccnc4)O3)cc2)cc1. The first kappa shape index (κ1) is 24.8. The molecule has 0 amide bonds. The summed E-state index contributed by atoms with van der Waals surface area (Å²) < 4.78 is 28.1. The number of aryl methyl sites for hydroxylation is 2. The fourth-order valence-electron chi connectivity index (χ4n) is 4.48. The van der Waals surface area contributed by atoms with Gasteiger partial charge in [0.15, 0.2) is 5.79 Å². The number of hydrogen-bond donors (Lipinski definition) is 0. The van der Waals surface area contributed by atoms with Crippen molar-refractivity contribution in [2.24, 2.45) is 0 Å². The molecule has 6 heteroatoms. The minimum absolute atomic E-state index is 0.0265. The second-order valence-electron chi connectivity index (χ2n) is 9.40. The molecule has 3 aromatic carbocycles. The Hall–Kier alpha value is -2.93. The Balaban J connectivity index is 1.15. The van der Waals surface area contributed by atoms with Crippen LogP contribution < -0.4 is 0 Å². The van der Waals surface area contributed by atoms with Crippen molar-refractivity contribution in [3.8, 4) is 11.1 Å². The number of aromatic nitrogens is 2. The lowest BCUT2D eigenvalue weighted by Crippen LogP contribution is -2.37. The molecule has 4 aromatic rings. The van der Waals surface area contributed by atoms with Crippen molar-refractivity contribution in [3.05, 3.63) is 114 Å². The summed E-state index contributed by atoms with van der Waals surface area (Å²) >= 11 is 1.87. The predicted molar refractivity (Wildman–Crippen MR) is 143 cm³/mol. The first-order valence-electron chi connectivity index (χ1n) is 12.3. The second-order valence-corrected chi connectivity index (χ2v) is 10.4. The summed E-state index contributed by atoms with van der Waals surface area (Å²) in [7, 11) is 0. The molecule has 2 atom stereocenters. The summed E-state index contributed by atoms with van der Waals surface area (Å²) in [5, 5.41) is 0. The van der Waals surface area contributed by atoms with Crippen LogP contribution in [0.4, 0.5) is 4.39 Å². The van der Waals surface area contributed by atoms with Crippen molar-refractivity contribution < 1.29 is 13.9 Å². The van der Waals surface area contributed by atoms with E-state index in [1.54, 1.807) is 12.5 Å². The molecule has 0 aliphatic carbocycles. The maximum atomic E-state index is 13.3. The zero-order valence-electron chi connectivity index (χ0n) is 20.5. The van der Waals surface area contributed by atoms with Crippen LogP contribution in [0.25, 0.3) is 11.1 Å². The quantitative estimate of drug-likeness (QED) is 0.243. The van der Waals surface area contributed by atoms with Crippen LogP contribution >= 0.6 is 11.8 Å². The van der Waals surface area contributed by atoms with Crippen molar-refractivity contribution in [1.29, 1.82) is 0 Å². The Bertz CT molecular complexity index is 1230. The summed E-state index contributed by atoms with van der Waals surface area (Å²) in [6.07, 6.45) is 6.95. The molecule has 0 radical (unpaired) electrons. The van der Waals surface area contributed by atoms with Crippen LogP contribution in [0.2, 0.25) is 0 Å². The van der Waals surface area contributed by atoms with Gasteiger partial charge in [-0.2, -0.15) is 11.8 Å². The van der Waals surface area contributed by atoms with E-state index in [-0.39, 0.29) is 11.9 Å². The fourth-order valence-corrected chi connectivity index (χ4v) is 5.46. The van der Waals surface area contributed by atoms with Gasteiger partial charge in [-0.05, 0) is 47.7 Å². The molecule has 0 bridgehead atoms. The summed E-state index contributed by atoms with van der Waals surface area (Å²) in [5.74, 6) is 0.859. The first-order chi connectivity index (χ1) is 17.6. The van der Waals surface area contributed by atoms with Crippen LogP contribution in [0.3, 0.4) is 0 Å². The maximum absolute atomic E-state index is 13.3. The molecule has 4 nitrogen and oxygen atoms in total. The van der Waals surface area contributed by atoms with Gasteiger partial charge in [0.1, 0.15) is 5.82 Å². The zero-order valence-corrected chi connectivity index (χ0v) is 21.3. The molecule has 0 saturated carbocycles. The van der Waals surface area contributed by atoms with Gasteiger partial charge in [-0.25, -0.2) is 9.37 Å². The van der Waals surface area contributed by atoms with Crippen LogP contribution in [0.1, 0.15) is 23.1 Å². The van der Waals surface area contributed by atoms with E-state index >= 15 is 0 Å². The molecule has 36 heavy (non-hydrogen) atoms. The smallest absolute Gasteiger partial charge is 0.187 e. The van der Waals surface area contributed by atoms with E-state index in [1.165, 1.54) is 34.4 Å². The molecule has 1 aliphatic heterocycles. The Morgan fingerprint density at radius 1 is 0.972 bits per heavy atom.